The number of fused-ring (bicyclic) bond motifs is 8. The minimum atomic E-state index is -0.231. The van der Waals surface area contributed by atoms with Crippen LogP contribution in [0.3, 0.4) is 0 Å². The van der Waals surface area contributed by atoms with Gasteiger partial charge in [0.25, 0.3) is 0 Å². The average molecular weight is 1800 g/mol. The number of aryl methyl sites for hydroxylation is 4. The Bertz CT molecular complexity index is 2850. The van der Waals surface area contributed by atoms with Crippen LogP contribution in [0, 0.1) is 62.6 Å². The first-order valence-corrected chi connectivity index (χ1v) is 33.3. The molecule has 2 aliphatic heterocycles. The van der Waals surface area contributed by atoms with Crippen LogP contribution in [0.1, 0.15) is 150 Å². The zero-order valence-electron chi connectivity index (χ0n) is 60.0. The molecule has 0 unspecified atom stereocenters. The maximum absolute atomic E-state index is 13.1. The second-order valence-electron chi connectivity index (χ2n) is 24.7. The molecular weight excluding hydrogens is 1710 g/mol. The van der Waals surface area contributed by atoms with E-state index in [0.29, 0.717) is 96.9 Å². The molecule has 0 aliphatic carbocycles. The summed E-state index contributed by atoms with van der Waals surface area (Å²) in [5.74, 6) is -0.245. The van der Waals surface area contributed by atoms with Crippen molar-refractivity contribution in [3.05, 3.63) is 115 Å². The van der Waals surface area contributed by atoms with Gasteiger partial charge < -0.3 is 30.2 Å². The normalized spacial score (nSPS) is 14.0. The average Bonchev–Trinajstić information content (AvgIpc) is 0.855. The van der Waals surface area contributed by atoms with Crippen LogP contribution >= 0.6 is 0 Å². The van der Waals surface area contributed by atoms with Crippen molar-refractivity contribution in [2.24, 2.45) is 61.6 Å². The Labute approximate surface area is 667 Å². The molecule has 2 amide bonds. The Morgan fingerprint density at radius 3 is 0.531 bits per heavy atom. The van der Waals surface area contributed by atoms with Crippen molar-refractivity contribution in [3.8, 4) is 42.9 Å². The van der Waals surface area contributed by atoms with Crippen LogP contribution in [0.4, 0.5) is 0 Å². The second kappa shape index (κ2) is 57.5. The van der Waals surface area contributed by atoms with E-state index < -0.39 is 0 Å². The molecule has 28 heteroatoms. The molecular formula is C70H90N14O6Se4Zn4. The van der Waals surface area contributed by atoms with Crippen LogP contribution in [0.5, 0.6) is 23.0 Å². The fourth-order valence-electron chi connectivity index (χ4n) is 7.87. The monoisotopic (exact) mass is 1800 g/mol. The van der Waals surface area contributed by atoms with Crippen LogP contribution in [0.15, 0.2) is 88.5 Å². The van der Waals surface area contributed by atoms with Crippen molar-refractivity contribution in [1.29, 1.82) is 21.0 Å². The minimum absolute atomic E-state index is 0. The van der Waals surface area contributed by atoms with E-state index in [4.69, 9.17) is 21.0 Å². The molecule has 0 saturated carbocycles. The van der Waals surface area contributed by atoms with Crippen molar-refractivity contribution in [2.75, 3.05) is 80.5 Å². The van der Waals surface area contributed by atoms with E-state index in [0.717, 1.165) is 60.8 Å². The van der Waals surface area contributed by atoms with Gasteiger partial charge in [-0.15, -0.1) is 0 Å². The van der Waals surface area contributed by atoms with Gasteiger partial charge in [0, 0.05) is 152 Å². The smallest absolute Gasteiger partial charge is 2.00 e. The molecule has 20 nitrogen and oxygen atoms in total. The zero-order chi connectivity index (χ0) is 72.1. The third-order valence-corrected chi connectivity index (χ3v) is 12.9. The minimum Gasteiger partial charge on any atom is 2.00 e. The Kier molecular flexibility index (Phi) is 61.0. The summed E-state index contributed by atoms with van der Waals surface area (Å²) >= 11 is 8.44. The fraction of sp³-hybridized carbons (Fsp3) is 0.457. The van der Waals surface area contributed by atoms with Crippen molar-refractivity contribution < 1.29 is 108 Å². The van der Waals surface area contributed by atoms with E-state index in [2.05, 4.69) is 187 Å². The van der Waals surface area contributed by atoms with E-state index in [1.54, 1.807) is 97.8 Å². The van der Waals surface area contributed by atoms with Crippen LogP contribution in [-0.4, -0.2) is 217 Å². The summed E-state index contributed by atoms with van der Waals surface area (Å²) in [6.45, 7) is 29.0. The van der Waals surface area contributed by atoms with E-state index >= 15 is 0 Å². The molecule has 0 atom stereocenters. The van der Waals surface area contributed by atoms with Crippen LogP contribution < -0.4 is 20.4 Å². The second-order valence-corrected chi connectivity index (χ2v) is 26.3. The number of hydrogen-bond acceptors (Lipinski definition) is 18. The first kappa shape index (κ1) is 104. The number of hydrogen-bond donors (Lipinski definition) is 0. The summed E-state index contributed by atoms with van der Waals surface area (Å²) in [6, 6.07) is 15.3. The van der Waals surface area contributed by atoms with Gasteiger partial charge in [0.2, 0.25) is 12.8 Å². The van der Waals surface area contributed by atoms with Crippen molar-refractivity contribution in [1.82, 2.24) is 9.80 Å². The largest absolute Gasteiger partial charge is 2.00 e. The van der Waals surface area contributed by atoms with Gasteiger partial charge in [-0.2, -0.15) is 0 Å². The maximum atomic E-state index is 13.1. The quantitative estimate of drug-likeness (QED) is 0.144. The number of rotatable bonds is 6. The topological polar surface area (TPSA) is 327 Å². The summed E-state index contributed by atoms with van der Waals surface area (Å²) in [6.07, 6.45) is 18.2. The number of amides is 2. The zero-order valence-corrected chi connectivity index (χ0v) is 78.8. The first-order valence-electron chi connectivity index (χ1n) is 29.9. The van der Waals surface area contributed by atoms with Crippen molar-refractivity contribution >= 4 is 127 Å². The van der Waals surface area contributed by atoms with Gasteiger partial charge in [0.15, 0.2) is 0 Å². The van der Waals surface area contributed by atoms with Crippen molar-refractivity contribution in [3.63, 3.8) is 0 Å². The van der Waals surface area contributed by atoms with E-state index in [9.17, 15) is 30.0 Å². The summed E-state index contributed by atoms with van der Waals surface area (Å²) in [5.41, 5.74) is 8.00. The van der Waals surface area contributed by atoms with Crippen LogP contribution in [0.2, 0.25) is 0 Å². The van der Waals surface area contributed by atoms with Gasteiger partial charge in [-0.25, -0.2) is 0 Å². The Morgan fingerprint density at radius 1 is 0.347 bits per heavy atom. The summed E-state index contributed by atoms with van der Waals surface area (Å²) < 4.78 is 0. The third kappa shape index (κ3) is 45.6. The first-order chi connectivity index (χ1) is 44.3. The van der Waals surface area contributed by atoms with Gasteiger partial charge in [-0.3, -0.25) is 49.5 Å². The molecule has 6 rings (SSSR count). The van der Waals surface area contributed by atoms with Gasteiger partial charge in [0.1, 0.15) is 0 Å². The molecule has 0 spiro atoms. The Morgan fingerprint density at radius 2 is 0.449 bits per heavy atom. The predicted octanol–water partition coefficient (Wildman–Crippen LogP) is 6.74. The van der Waals surface area contributed by atoms with Crippen molar-refractivity contribution in [2.45, 2.75) is 109 Å². The molecule has 4 aromatic carbocycles. The van der Waals surface area contributed by atoms with E-state index in [-0.39, 0.29) is 123 Å². The Balaban J connectivity index is -0.000000321. The molecule has 98 heavy (non-hydrogen) atoms. The fourth-order valence-corrected chi connectivity index (χ4v) is 7.87. The van der Waals surface area contributed by atoms with Gasteiger partial charge >= 0.3 is 183 Å². The molecule has 2 aliphatic rings. The SMILES string of the molecule is CCc1cc2c([O-])c(c1)C=NCC(C)(C)CN=Cc1cc(CC)cc(c1[O-])C=NCC(C)(C)CN=C2.CCc1cc2c([O-])c(c1)C=NCC(C)(C)CN=Cc1cc(CC)cc(c1[O-])C=NCC(C)(C)CN=C2.CN(C)C=O.CN(C)C=O.N#C[Se-].N#C[Se-].N#C[Se-].N#C[Se-].[Zn+2].[Zn+2].[Zn+2].[Zn+2]. The van der Waals surface area contributed by atoms with E-state index in [1.807, 2.05) is 48.5 Å². The summed E-state index contributed by atoms with van der Waals surface area (Å²) in [5, 5.41) is 81.3. The molecule has 0 fully saturated rings. The number of nitriles is 4. The van der Waals surface area contributed by atoms with Gasteiger partial charge in [-0.1, -0.05) is 155 Å². The molecule has 0 aromatic heterocycles. The molecule has 508 valence electrons. The number of carbonyl (C=O) groups excluding carboxylic acids is 2. The Hall–Kier alpha value is -5.09. The van der Waals surface area contributed by atoms with Gasteiger partial charge in [0.05, 0.1) is 0 Å². The van der Waals surface area contributed by atoms with Crippen LogP contribution in [-0.2, 0) is 113 Å². The molecule has 0 radical (unpaired) electrons. The standard InChI is InChI=1S/2C30H40N4O2.2C3H7NO.4CHNSe.4Zn/c2*1-7-21-9-23-13-31-17-29(3,4)19-33-15-25-11-22(8-2)12-26(28(25)36)16-34-20-30(5,6)18-32-14-24(10-21)27(23)35;2*1-4(2)3-5;4*2-1-3;;;;/h2*9-16,35-36H,7-8,17-20H2,1-6H3;2*3H,1-2H3;4*3H;;;;/q;;;;;;;;4*+2/p-8. The predicted molar refractivity (Wildman–Crippen MR) is 381 cm³/mol. The van der Waals surface area contributed by atoms with Gasteiger partial charge in [-0.05, 0) is 92.4 Å². The molecule has 0 saturated heterocycles. The number of aliphatic imine (C=N–C) groups is 8. The number of nitrogens with zero attached hydrogens (tertiary/aromatic N) is 14. The maximum Gasteiger partial charge on any atom is 2.00 e. The van der Waals surface area contributed by atoms with E-state index in [1.165, 1.54) is 9.80 Å². The molecule has 8 bridgehead atoms. The third-order valence-electron chi connectivity index (χ3n) is 12.9. The van der Waals surface area contributed by atoms with Crippen LogP contribution in [0.25, 0.3) is 0 Å². The molecule has 2 heterocycles. The number of benzene rings is 4. The summed E-state index contributed by atoms with van der Waals surface area (Å²) in [4.78, 5) is 65.0. The number of carbonyl (C=O) groups is 2. The summed E-state index contributed by atoms with van der Waals surface area (Å²) in [7, 11) is 6.75. The molecule has 0 N–H and O–H groups in total. The molecule has 4 aromatic rings.